The zero-order chi connectivity index (χ0) is 29.1. The van der Waals surface area contributed by atoms with E-state index in [1.807, 2.05) is 42.6 Å². The molecule has 1 aliphatic carbocycles. The number of hydrogen-bond acceptors (Lipinski definition) is 9. The molecule has 2 atom stereocenters. The summed E-state index contributed by atoms with van der Waals surface area (Å²) in [6, 6.07) is 15.0. The molecule has 8 nitrogen and oxygen atoms in total. The molecule has 0 spiro atoms. The zero-order valence-corrected chi connectivity index (χ0v) is 24.6. The Kier molecular flexibility index (Phi) is 8.35. The SMILES string of the molecule is COc1ccc(COC(=O)C2=C(C)NC3=C(C(=O)C[C@@H](c4cccs4)C3)[C@@H]2c2cc(OC)c(OC)c(OC)c2)cc1. The Bertz CT molecular complexity index is 1480. The number of hydrogen-bond donors (Lipinski definition) is 1. The van der Waals surface area contributed by atoms with Gasteiger partial charge in [0.15, 0.2) is 17.3 Å². The largest absolute Gasteiger partial charge is 0.497 e. The van der Waals surface area contributed by atoms with Gasteiger partial charge in [0.25, 0.3) is 0 Å². The van der Waals surface area contributed by atoms with Crippen LogP contribution in [0.4, 0.5) is 0 Å². The number of rotatable bonds is 9. The summed E-state index contributed by atoms with van der Waals surface area (Å²) in [5.41, 5.74) is 3.89. The fourth-order valence-corrected chi connectivity index (χ4v) is 6.41. The van der Waals surface area contributed by atoms with Crippen molar-refractivity contribution in [1.82, 2.24) is 5.32 Å². The summed E-state index contributed by atoms with van der Waals surface area (Å²) in [6.45, 7) is 1.92. The highest BCUT2D eigenvalue weighted by molar-refractivity contribution is 7.10. The molecule has 3 aromatic rings. The molecule has 9 heteroatoms. The van der Waals surface area contributed by atoms with Gasteiger partial charge in [0, 0.05) is 40.1 Å². The van der Waals surface area contributed by atoms with E-state index in [-0.39, 0.29) is 18.3 Å². The number of methoxy groups -OCH3 is 4. The molecular formula is C32H33NO7S. The number of carbonyl (C=O) groups is 2. The van der Waals surface area contributed by atoms with Gasteiger partial charge in [-0.05, 0) is 60.2 Å². The zero-order valence-electron chi connectivity index (χ0n) is 23.7. The summed E-state index contributed by atoms with van der Waals surface area (Å²) in [5, 5.41) is 5.43. The molecule has 2 aliphatic rings. The third kappa shape index (κ3) is 5.54. The summed E-state index contributed by atoms with van der Waals surface area (Å²) >= 11 is 1.65. The topological polar surface area (TPSA) is 92.3 Å². The van der Waals surface area contributed by atoms with Gasteiger partial charge in [0.2, 0.25) is 5.75 Å². The first-order valence-corrected chi connectivity index (χ1v) is 14.1. The van der Waals surface area contributed by atoms with Crippen molar-refractivity contribution < 1.29 is 33.3 Å². The maximum atomic E-state index is 13.9. The molecule has 0 fully saturated rings. The average Bonchev–Trinajstić information content (AvgIpc) is 3.54. The van der Waals surface area contributed by atoms with Crippen molar-refractivity contribution in [1.29, 1.82) is 0 Å². The van der Waals surface area contributed by atoms with Crippen molar-refractivity contribution in [2.45, 2.75) is 38.2 Å². The minimum atomic E-state index is -0.680. The van der Waals surface area contributed by atoms with Crippen LogP contribution in [0.3, 0.4) is 0 Å². The first-order chi connectivity index (χ1) is 19.9. The Morgan fingerprint density at radius 2 is 1.66 bits per heavy atom. The van der Waals surface area contributed by atoms with E-state index in [0.29, 0.717) is 58.2 Å². The predicted molar refractivity (Wildman–Crippen MR) is 156 cm³/mol. The highest BCUT2D eigenvalue weighted by Crippen LogP contribution is 2.49. The molecule has 2 heterocycles. The minimum Gasteiger partial charge on any atom is -0.497 e. The second-order valence-electron chi connectivity index (χ2n) is 9.92. The first-order valence-electron chi connectivity index (χ1n) is 13.3. The van der Waals surface area contributed by atoms with E-state index in [1.54, 1.807) is 30.6 Å². The van der Waals surface area contributed by atoms with Gasteiger partial charge >= 0.3 is 5.97 Å². The summed E-state index contributed by atoms with van der Waals surface area (Å²) in [4.78, 5) is 28.9. The lowest BCUT2D eigenvalue weighted by molar-refractivity contribution is -0.140. The molecule has 41 heavy (non-hydrogen) atoms. The molecule has 0 saturated carbocycles. The lowest BCUT2D eigenvalue weighted by Crippen LogP contribution is -2.36. The average molecular weight is 576 g/mol. The number of thiophene rings is 1. The van der Waals surface area contributed by atoms with Crippen LogP contribution in [0.5, 0.6) is 23.0 Å². The van der Waals surface area contributed by atoms with E-state index in [1.165, 1.54) is 26.2 Å². The van der Waals surface area contributed by atoms with Crippen molar-refractivity contribution >= 4 is 23.1 Å². The number of benzene rings is 2. The summed E-state index contributed by atoms with van der Waals surface area (Å²) in [5.74, 6) is 0.892. The van der Waals surface area contributed by atoms with Crippen LogP contribution < -0.4 is 24.3 Å². The molecule has 1 aromatic heterocycles. The number of carbonyl (C=O) groups excluding carboxylic acids is 2. The van der Waals surface area contributed by atoms with Crippen LogP contribution in [0.1, 0.15) is 47.6 Å². The number of allylic oxidation sites excluding steroid dienone is 3. The van der Waals surface area contributed by atoms with Gasteiger partial charge in [-0.25, -0.2) is 4.79 Å². The molecular weight excluding hydrogens is 542 g/mol. The van der Waals surface area contributed by atoms with Crippen LogP contribution in [0, 0.1) is 0 Å². The molecule has 0 bridgehead atoms. The third-order valence-electron chi connectivity index (χ3n) is 7.54. The van der Waals surface area contributed by atoms with Gasteiger partial charge < -0.3 is 29.0 Å². The van der Waals surface area contributed by atoms with Crippen LogP contribution in [0.2, 0.25) is 0 Å². The molecule has 214 valence electrons. The number of dihydropyridines is 1. The van der Waals surface area contributed by atoms with Gasteiger partial charge in [-0.2, -0.15) is 0 Å². The van der Waals surface area contributed by atoms with Crippen molar-refractivity contribution in [2.24, 2.45) is 0 Å². The van der Waals surface area contributed by atoms with Gasteiger partial charge in [-0.15, -0.1) is 11.3 Å². The molecule has 2 aromatic carbocycles. The van der Waals surface area contributed by atoms with E-state index >= 15 is 0 Å². The van der Waals surface area contributed by atoms with E-state index in [9.17, 15) is 9.59 Å². The summed E-state index contributed by atoms with van der Waals surface area (Å²) in [7, 11) is 6.21. The molecule has 1 aliphatic heterocycles. The van der Waals surface area contributed by atoms with Crippen molar-refractivity contribution in [3.05, 3.63) is 92.5 Å². The van der Waals surface area contributed by atoms with Crippen molar-refractivity contribution in [3.63, 3.8) is 0 Å². The fourth-order valence-electron chi connectivity index (χ4n) is 5.58. The van der Waals surface area contributed by atoms with Gasteiger partial charge in [0.05, 0.1) is 34.0 Å². The second kappa shape index (κ2) is 12.1. The van der Waals surface area contributed by atoms with Crippen LogP contribution in [0.15, 0.2) is 76.5 Å². The number of Topliss-reactive ketones (excluding diaryl/α,β-unsaturated/α-hetero) is 1. The molecule has 0 saturated heterocycles. The lowest BCUT2D eigenvalue weighted by atomic mass is 9.72. The Morgan fingerprint density at radius 1 is 0.951 bits per heavy atom. The molecule has 5 rings (SSSR count). The minimum absolute atomic E-state index is 0.0103. The van der Waals surface area contributed by atoms with E-state index in [4.69, 9.17) is 23.7 Å². The summed E-state index contributed by atoms with van der Waals surface area (Å²) in [6.07, 6.45) is 1.02. The maximum absolute atomic E-state index is 13.9. The fraction of sp³-hybridized carbons (Fsp3) is 0.312. The predicted octanol–water partition coefficient (Wildman–Crippen LogP) is 5.89. The normalized spacial score (nSPS) is 18.4. The smallest absolute Gasteiger partial charge is 0.337 e. The Morgan fingerprint density at radius 3 is 2.24 bits per heavy atom. The van der Waals surface area contributed by atoms with Gasteiger partial charge in [-0.3, -0.25) is 4.79 Å². The van der Waals surface area contributed by atoms with E-state index < -0.39 is 11.9 Å². The number of nitrogens with one attached hydrogen (secondary N) is 1. The van der Waals surface area contributed by atoms with E-state index in [2.05, 4.69) is 11.4 Å². The third-order valence-corrected chi connectivity index (χ3v) is 8.58. The van der Waals surface area contributed by atoms with Crippen LogP contribution in [0.25, 0.3) is 0 Å². The molecule has 1 N–H and O–H groups in total. The van der Waals surface area contributed by atoms with Crippen LogP contribution in [-0.2, 0) is 20.9 Å². The number of ketones is 1. The highest BCUT2D eigenvalue weighted by atomic mass is 32.1. The van der Waals surface area contributed by atoms with Crippen LogP contribution in [-0.4, -0.2) is 40.2 Å². The Balaban J connectivity index is 1.56. The van der Waals surface area contributed by atoms with Crippen molar-refractivity contribution in [2.75, 3.05) is 28.4 Å². The van der Waals surface area contributed by atoms with Gasteiger partial charge in [-0.1, -0.05) is 18.2 Å². The Hall–Kier alpha value is -4.24. The molecule has 0 radical (unpaired) electrons. The monoisotopic (exact) mass is 575 g/mol. The Labute approximate surface area is 243 Å². The highest BCUT2D eigenvalue weighted by Gasteiger charge is 2.42. The summed E-state index contributed by atoms with van der Waals surface area (Å²) < 4.78 is 27.8. The number of ether oxygens (including phenoxy) is 5. The standard InChI is InChI=1S/C32H33NO7S/c1-18-28(32(35)40-17-19-8-10-22(36-2)11-9-19)29(21-15-25(37-3)31(39-5)26(16-21)38-4)30-23(33-18)13-20(14-24(30)34)27-7-6-12-41-27/h6-12,15-16,20,29,33H,13-14,17H2,1-5H3/t20-,29+/m0/s1. The quantitative estimate of drug-likeness (QED) is 0.316. The van der Waals surface area contributed by atoms with Crippen molar-refractivity contribution in [3.8, 4) is 23.0 Å². The lowest BCUT2D eigenvalue weighted by Gasteiger charge is -2.36. The number of esters is 1. The van der Waals surface area contributed by atoms with Crippen LogP contribution >= 0.6 is 11.3 Å². The maximum Gasteiger partial charge on any atom is 0.337 e. The van der Waals surface area contributed by atoms with E-state index in [0.717, 1.165) is 11.3 Å². The molecule has 0 amide bonds. The van der Waals surface area contributed by atoms with Gasteiger partial charge in [0.1, 0.15) is 12.4 Å². The second-order valence-corrected chi connectivity index (χ2v) is 10.9. The first kappa shape index (κ1) is 28.3. The molecule has 0 unspecified atom stereocenters.